The number of hydrogen-bond acceptors (Lipinski definition) is 0. The molecule has 0 aliphatic heterocycles. The second-order valence-electron chi connectivity index (χ2n) is 15.0. The Hall–Kier alpha value is 0.860. The molecule has 0 aromatic rings. The minimum Gasteiger partial charge on any atom is -0.107 e. The molecule has 0 aliphatic rings. The third-order valence-electron chi connectivity index (χ3n) is 7.50. The summed E-state index contributed by atoms with van der Waals surface area (Å²) in [7, 11) is 0.382. The van der Waals surface area contributed by atoms with Crippen LogP contribution in [-0.4, -0.2) is 34.0 Å². The molecule has 232 valence electrons. The van der Waals surface area contributed by atoms with E-state index in [4.69, 9.17) is 0 Å². The molecule has 0 aromatic heterocycles. The van der Waals surface area contributed by atoms with Crippen molar-refractivity contribution < 1.29 is 0 Å². The van der Waals surface area contributed by atoms with Crippen LogP contribution in [0.5, 0.6) is 0 Å². The van der Waals surface area contributed by atoms with Gasteiger partial charge in [-0.1, -0.05) is 187 Å². The lowest BCUT2D eigenvalue weighted by atomic mass is 10.1. The lowest BCUT2D eigenvalue weighted by Gasteiger charge is -2.49. The molecule has 0 saturated carbocycles. The standard InChI is InChI=1S/C24H51P.C12H27P/c1-4-7-10-13-16-19-22-25(23-20-17-14-11-8-5-2)24-21-18-15-12-9-6-3;1-10(2,3)13(11(4,5)6)12(7,8)9/h4-24H2,1-3H3;1-9H3. The van der Waals surface area contributed by atoms with Crippen LogP contribution in [0.4, 0.5) is 0 Å². The van der Waals surface area contributed by atoms with Crippen LogP contribution in [0.3, 0.4) is 0 Å². The fourth-order valence-corrected chi connectivity index (χ4v) is 15.4. The Morgan fingerprint density at radius 1 is 0.316 bits per heavy atom. The van der Waals surface area contributed by atoms with Crippen molar-refractivity contribution in [3.8, 4) is 0 Å². The second kappa shape index (κ2) is 24.5. The van der Waals surface area contributed by atoms with Gasteiger partial charge in [0.25, 0.3) is 0 Å². The van der Waals surface area contributed by atoms with Crippen molar-refractivity contribution >= 4 is 15.8 Å². The highest BCUT2D eigenvalue weighted by molar-refractivity contribution is 7.62. The average Bonchev–Trinajstić information content (AvgIpc) is 2.77. The van der Waals surface area contributed by atoms with E-state index in [1.54, 1.807) is 18.5 Å². The largest absolute Gasteiger partial charge is 0.107 e. The topological polar surface area (TPSA) is 0 Å². The van der Waals surface area contributed by atoms with Crippen LogP contribution in [0.2, 0.25) is 0 Å². The van der Waals surface area contributed by atoms with Crippen LogP contribution in [0.1, 0.15) is 199 Å². The van der Waals surface area contributed by atoms with Gasteiger partial charge >= 0.3 is 0 Å². The summed E-state index contributed by atoms with van der Waals surface area (Å²) in [5.74, 6) is 0. The Kier molecular flexibility index (Phi) is 26.4. The first-order valence-corrected chi connectivity index (χ1v) is 20.5. The summed E-state index contributed by atoms with van der Waals surface area (Å²) in [5.41, 5.74) is 0. The van der Waals surface area contributed by atoms with E-state index in [2.05, 4.69) is 83.1 Å². The normalized spacial score (nSPS) is 12.8. The van der Waals surface area contributed by atoms with Crippen LogP contribution >= 0.6 is 15.8 Å². The van der Waals surface area contributed by atoms with Gasteiger partial charge in [0.1, 0.15) is 0 Å². The molecular formula is C36H78P2. The van der Waals surface area contributed by atoms with Crippen molar-refractivity contribution in [2.45, 2.75) is 214 Å². The summed E-state index contributed by atoms with van der Waals surface area (Å²) >= 11 is 0. The molecule has 0 aromatic carbocycles. The summed E-state index contributed by atoms with van der Waals surface area (Å²) < 4.78 is 0. The predicted octanol–water partition coefficient (Wildman–Crippen LogP) is 14.4. The quantitative estimate of drug-likeness (QED) is 0.0947. The number of hydrogen-bond donors (Lipinski definition) is 0. The van der Waals surface area contributed by atoms with Crippen LogP contribution in [0, 0.1) is 0 Å². The maximum absolute atomic E-state index is 2.38. The van der Waals surface area contributed by atoms with E-state index in [0.29, 0.717) is 23.4 Å². The van der Waals surface area contributed by atoms with Gasteiger partial charge in [-0.15, -0.1) is 7.92 Å². The second-order valence-corrected chi connectivity index (χ2v) is 22.4. The van der Waals surface area contributed by atoms with Gasteiger partial charge in [0.15, 0.2) is 0 Å². The zero-order valence-corrected chi connectivity index (χ0v) is 31.0. The Morgan fingerprint density at radius 2 is 0.526 bits per heavy atom. The average molecular weight is 573 g/mol. The van der Waals surface area contributed by atoms with Crippen LogP contribution in [0.25, 0.3) is 0 Å². The first-order valence-electron chi connectivity index (χ1n) is 17.2. The van der Waals surface area contributed by atoms with Gasteiger partial charge in [0, 0.05) is 0 Å². The van der Waals surface area contributed by atoms with Gasteiger partial charge in [0.2, 0.25) is 0 Å². The van der Waals surface area contributed by atoms with Crippen LogP contribution in [0.15, 0.2) is 0 Å². The highest BCUT2D eigenvalue weighted by Crippen LogP contribution is 2.66. The molecule has 0 nitrogen and oxygen atoms in total. The van der Waals surface area contributed by atoms with Crippen molar-refractivity contribution in [2.75, 3.05) is 18.5 Å². The summed E-state index contributed by atoms with van der Waals surface area (Å²) in [6.45, 7) is 28.4. The van der Waals surface area contributed by atoms with Crippen molar-refractivity contribution in [2.24, 2.45) is 0 Å². The maximum atomic E-state index is 2.38. The lowest BCUT2D eigenvalue weighted by Crippen LogP contribution is -2.34. The molecule has 0 spiro atoms. The van der Waals surface area contributed by atoms with E-state index >= 15 is 0 Å². The van der Waals surface area contributed by atoms with Gasteiger partial charge in [-0.2, -0.15) is 0 Å². The van der Waals surface area contributed by atoms with Gasteiger partial charge in [0.05, 0.1) is 0 Å². The molecular weight excluding hydrogens is 494 g/mol. The van der Waals surface area contributed by atoms with E-state index in [1.165, 1.54) is 116 Å². The minimum absolute atomic E-state index is 0.0162. The van der Waals surface area contributed by atoms with Crippen molar-refractivity contribution in [3.05, 3.63) is 0 Å². The molecule has 0 amide bonds. The SMILES string of the molecule is CC(C)(C)P(C(C)(C)C)C(C)(C)C.CCCCCCCCP(CCCCCCCC)CCCCCCCC. The zero-order valence-electron chi connectivity index (χ0n) is 29.2. The minimum atomic E-state index is 0.0162. The van der Waals surface area contributed by atoms with Crippen molar-refractivity contribution in [1.82, 2.24) is 0 Å². The summed E-state index contributed by atoms with van der Waals surface area (Å²) in [6.07, 6.45) is 31.2. The summed E-state index contributed by atoms with van der Waals surface area (Å²) in [4.78, 5) is 0. The molecule has 0 heterocycles. The highest BCUT2D eigenvalue weighted by Gasteiger charge is 2.41. The van der Waals surface area contributed by atoms with Crippen molar-refractivity contribution in [1.29, 1.82) is 0 Å². The van der Waals surface area contributed by atoms with Crippen molar-refractivity contribution in [3.63, 3.8) is 0 Å². The monoisotopic (exact) mass is 573 g/mol. The first kappa shape index (κ1) is 41.0. The Balaban J connectivity index is 0. The van der Waals surface area contributed by atoms with E-state index in [0.717, 1.165) is 0 Å². The van der Waals surface area contributed by atoms with E-state index in [9.17, 15) is 0 Å². The van der Waals surface area contributed by atoms with E-state index < -0.39 is 0 Å². The Bertz CT molecular complexity index is 406. The molecule has 0 N–H and O–H groups in total. The Morgan fingerprint density at radius 3 is 0.711 bits per heavy atom. The van der Waals surface area contributed by atoms with Gasteiger partial charge in [-0.05, 0) is 53.2 Å². The number of unbranched alkanes of at least 4 members (excludes halogenated alkanes) is 15. The van der Waals surface area contributed by atoms with Crippen LogP contribution in [-0.2, 0) is 0 Å². The molecule has 0 bridgehead atoms. The van der Waals surface area contributed by atoms with E-state index in [-0.39, 0.29) is 7.92 Å². The predicted molar refractivity (Wildman–Crippen MR) is 188 cm³/mol. The Labute approximate surface area is 248 Å². The third kappa shape index (κ3) is 25.8. The van der Waals surface area contributed by atoms with Gasteiger partial charge < -0.3 is 0 Å². The maximum Gasteiger partial charge on any atom is -0.0170 e. The zero-order chi connectivity index (χ0) is 29.5. The molecule has 38 heavy (non-hydrogen) atoms. The lowest BCUT2D eigenvalue weighted by molar-refractivity contribution is 0.617. The molecule has 0 atom stereocenters. The molecule has 0 rings (SSSR count). The van der Waals surface area contributed by atoms with Gasteiger partial charge in [-0.3, -0.25) is 0 Å². The molecule has 0 saturated heterocycles. The van der Waals surface area contributed by atoms with Crippen LogP contribution < -0.4 is 0 Å². The fourth-order valence-electron chi connectivity index (χ4n) is 6.70. The molecule has 0 aliphatic carbocycles. The molecule has 0 unspecified atom stereocenters. The molecule has 0 fully saturated rings. The highest BCUT2D eigenvalue weighted by atomic mass is 31.1. The van der Waals surface area contributed by atoms with Gasteiger partial charge in [-0.25, -0.2) is 0 Å². The molecule has 0 radical (unpaired) electrons. The first-order chi connectivity index (χ1) is 17.7. The number of rotatable bonds is 21. The van der Waals surface area contributed by atoms with E-state index in [1.807, 2.05) is 0 Å². The third-order valence-corrected chi connectivity index (χ3v) is 14.4. The summed E-state index contributed by atoms with van der Waals surface area (Å²) in [5, 5.41) is 1.35. The summed E-state index contributed by atoms with van der Waals surface area (Å²) in [6, 6.07) is 0. The smallest absolute Gasteiger partial charge is 0.0170 e. The fraction of sp³-hybridized carbons (Fsp3) is 1.00. The molecule has 2 heteroatoms.